The maximum absolute atomic E-state index is 11.1. The van der Waals surface area contributed by atoms with Crippen LogP contribution in [-0.4, -0.2) is 58.3 Å². The van der Waals surface area contributed by atoms with Crippen molar-refractivity contribution in [2.24, 2.45) is 0 Å². The number of ether oxygens (including phenoxy) is 2. The van der Waals surface area contributed by atoms with Crippen molar-refractivity contribution >= 4 is 18.6 Å². The van der Waals surface area contributed by atoms with Gasteiger partial charge < -0.3 is 24.8 Å². The summed E-state index contributed by atoms with van der Waals surface area (Å²) in [5, 5.41) is 28.2. The van der Waals surface area contributed by atoms with Gasteiger partial charge in [0.2, 0.25) is 0 Å². The Balaban J connectivity index is 0.00000154. The number of aliphatic hydroxyl groups excluding tert-OH is 2. The Morgan fingerprint density at radius 1 is 1.58 bits per heavy atom. The first-order valence-electron chi connectivity index (χ1n) is 6.37. The van der Waals surface area contributed by atoms with Gasteiger partial charge in [0, 0.05) is 25.7 Å². The molecule has 0 amide bonds. The molecule has 1 aliphatic heterocycles. The summed E-state index contributed by atoms with van der Waals surface area (Å²) in [7, 11) is 1.22. The minimum absolute atomic E-state index is 0.119. The molecule has 4 atom stereocenters. The Morgan fingerprint density at radius 3 is 2.58 bits per heavy atom. The fraction of sp³-hybridized carbons (Fsp3) is 0.917. The quantitative estimate of drug-likeness (QED) is 0.557. The summed E-state index contributed by atoms with van der Waals surface area (Å²) in [6.45, 7) is 4.00. The third-order valence-corrected chi connectivity index (χ3v) is 3.22. The van der Waals surface area contributed by atoms with Crippen LogP contribution in [0.15, 0.2) is 0 Å². The van der Waals surface area contributed by atoms with Gasteiger partial charge in [0.05, 0.1) is 18.3 Å². The number of carboxylic acid groups (broad SMARTS) is 1. The van der Waals surface area contributed by atoms with Gasteiger partial charge in [-0.15, -0.1) is 0 Å². The molecule has 0 spiro atoms. The van der Waals surface area contributed by atoms with E-state index in [0.29, 0.717) is 0 Å². The second kappa shape index (κ2) is 8.76. The van der Waals surface area contributed by atoms with Crippen LogP contribution < -0.4 is 0 Å². The van der Waals surface area contributed by atoms with Gasteiger partial charge >= 0.3 is 5.97 Å². The summed E-state index contributed by atoms with van der Waals surface area (Å²) in [6.07, 6.45) is -1.69. The predicted octanol–water partition coefficient (Wildman–Crippen LogP) is 0.661. The minimum atomic E-state index is -1.82. The third kappa shape index (κ3) is 5.27. The van der Waals surface area contributed by atoms with Gasteiger partial charge in [0.15, 0.2) is 0 Å². The first-order valence-corrected chi connectivity index (χ1v) is 7.00. The molecule has 1 rings (SSSR count). The standard InChI is InChI=1S/C10H18O6S.C2H6/c1-15-10(9(13)14)4-6(11)2-8(16-10)3-7(12)5-17;1-2/h6-8,11-12,17H,2-5H2,1H3,(H,13,14);1-2H3. The number of hydrogen-bond donors (Lipinski definition) is 4. The number of thiol groups is 1. The van der Waals surface area contributed by atoms with Crippen molar-refractivity contribution in [3.63, 3.8) is 0 Å². The lowest BCUT2D eigenvalue weighted by Crippen LogP contribution is -2.53. The summed E-state index contributed by atoms with van der Waals surface area (Å²) in [5.41, 5.74) is 0. The summed E-state index contributed by atoms with van der Waals surface area (Å²) >= 11 is 3.93. The van der Waals surface area contributed by atoms with Gasteiger partial charge in [-0.05, 0) is 6.42 Å². The molecule has 0 aromatic carbocycles. The first kappa shape index (κ1) is 18.7. The fourth-order valence-electron chi connectivity index (χ4n) is 1.94. The normalized spacial score (nSPS) is 32.1. The molecule has 0 aromatic rings. The SMILES string of the molecule is CC.COC1(C(=O)O)CC(O)CC(CC(O)CS)O1. The molecule has 0 radical (unpaired) electrons. The topological polar surface area (TPSA) is 96.2 Å². The molecular weight excluding hydrogens is 272 g/mol. The lowest BCUT2D eigenvalue weighted by molar-refractivity contribution is -0.283. The Bertz CT molecular complexity index is 275. The maximum Gasteiger partial charge on any atom is 0.364 e. The van der Waals surface area contributed by atoms with E-state index in [2.05, 4.69) is 12.6 Å². The molecule has 7 heteroatoms. The molecule has 1 aliphatic rings. The highest BCUT2D eigenvalue weighted by atomic mass is 32.1. The largest absolute Gasteiger partial charge is 0.477 e. The maximum atomic E-state index is 11.1. The third-order valence-electron chi connectivity index (χ3n) is 2.80. The zero-order valence-corrected chi connectivity index (χ0v) is 12.5. The molecule has 1 fully saturated rings. The molecule has 3 N–H and O–H groups in total. The van der Waals surface area contributed by atoms with Gasteiger partial charge in [-0.1, -0.05) is 13.8 Å². The number of carboxylic acids is 1. The molecule has 0 bridgehead atoms. The average Bonchev–Trinajstić information content (AvgIpc) is 2.39. The summed E-state index contributed by atoms with van der Waals surface area (Å²) in [5.74, 6) is -2.84. The van der Waals surface area contributed by atoms with E-state index in [1.165, 1.54) is 7.11 Å². The molecule has 0 aromatic heterocycles. The molecule has 1 saturated heterocycles. The highest BCUT2D eigenvalue weighted by Gasteiger charge is 2.48. The Kier molecular flexibility index (Phi) is 8.60. The highest BCUT2D eigenvalue weighted by Crippen LogP contribution is 2.32. The first-order chi connectivity index (χ1) is 8.93. The van der Waals surface area contributed by atoms with Gasteiger partial charge in [-0.3, -0.25) is 0 Å². The monoisotopic (exact) mass is 296 g/mol. The number of methoxy groups -OCH3 is 1. The molecule has 19 heavy (non-hydrogen) atoms. The van der Waals surface area contributed by atoms with Crippen molar-refractivity contribution in [1.29, 1.82) is 0 Å². The number of carbonyl (C=O) groups is 1. The van der Waals surface area contributed by atoms with Gasteiger partial charge in [0.25, 0.3) is 5.79 Å². The average molecular weight is 296 g/mol. The van der Waals surface area contributed by atoms with Crippen molar-refractivity contribution in [2.45, 2.75) is 57.2 Å². The van der Waals surface area contributed by atoms with E-state index in [4.69, 9.17) is 14.6 Å². The van der Waals surface area contributed by atoms with Crippen LogP contribution in [0.25, 0.3) is 0 Å². The van der Waals surface area contributed by atoms with Crippen LogP contribution in [0, 0.1) is 0 Å². The number of aliphatic carboxylic acids is 1. The minimum Gasteiger partial charge on any atom is -0.477 e. The van der Waals surface area contributed by atoms with Gasteiger partial charge in [0.1, 0.15) is 0 Å². The predicted molar refractivity (Wildman–Crippen MR) is 73.3 cm³/mol. The van der Waals surface area contributed by atoms with E-state index in [0.717, 1.165) is 0 Å². The molecular formula is C12H24O6S. The van der Waals surface area contributed by atoms with E-state index in [9.17, 15) is 15.0 Å². The van der Waals surface area contributed by atoms with Crippen molar-refractivity contribution in [3.8, 4) is 0 Å². The van der Waals surface area contributed by atoms with E-state index < -0.39 is 30.1 Å². The molecule has 4 unspecified atom stereocenters. The fourth-order valence-corrected chi connectivity index (χ4v) is 2.09. The molecule has 0 aliphatic carbocycles. The lowest BCUT2D eigenvalue weighted by Gasteiger charge is -2.39. The molecule has 0 saturated carbocycles. The highest BCUT2D eigenvalue weighted by molar-refractivity contribution is 7.80. The smallest absolute Gasteiger partial charge is 0.364 e. The number of hydrogen-bond acceptors (Lipinski definition) is 6. The summed E-state index contributed by atoms with van der Waals surface area (Å²) < 4.78 is 10.2. The van der Waals surface area contributed by atoms with E-state index in [-0.39, 0.29) is 25.0 Å². The number of aliphatic hydroxyl groups is 2. The second-order valence-electron chi connectivity index (χ2n) is 4.17. The van der Waals surface area contributed by atoms with Crippen molar-refractivity contribution in [1.82, 2.24) is 0 Å². The summed E-state index contributed by atoms with van der Waals surface area (Å²) in [6, 6.07) is 0. The van der Waals surface area contributed by atoms with Crippen LogP contribution in [0.5, 0.6) is 0 Å². The van der Waals surface area contributed by atoms with Crippen molar-refractivity contribution < 1.29 is 29.6 Å². The van der Waals surface area contributed by atoms with Gasteiger partial charge in [-0.2, -0.15) is 12.6 Å². The van der Waals surface area contributed by atoms with Crippen LogP contribution in [0.2, 0.25) is 0 Å². The summed E-state index contributed by atoms with van der Waals surface area (Å²) in [4.78, 5) is 11.1. The van der Waals surface area contributed by atoms with Crippen molar-refractivity contribution in [2.75, 3.05) is 12.9 Å². The van der Waals surface area contributed by atoms with E-state index in [1.807, 2.05) is 13.8 Å². The van der Waals surface area contributed by atoms with E-state index >= 15 is 0 Å². The van der Waals surface area contributed by atoms with E-state index in [1.54, 1.807) is 0 Å². The number of rotatable bonds is 5. The van der Waals surface area contributed by atoms with Crippen molar-refractivity contribution in [3.05, 3.63) is 0 Å². The van der Waals surface area contributed by atoms with Crippen LogP contribution in [0.3, 0.4) is 0 Å². The Hall–Kier alpha value is -0.340. The zero-order valence-electron chi connectivity index (χ0n) is 11.6. The molecule has 114 valence electrons. The Labute approximate surface area is 119 Å². The lowest BCUT2D eigenvalue weighted by atomic mass is 9.95. The van der Waals surface area contributed by atoms with Gasteiger partial charge in [-0.25, -0.2) is 4.79 Å². The Morgan fingerprint density at radius 2 is 2.16 bits per heavy atom. The zero-order chi connectivity index (χ0) is 15.1. The van der Waals surface area contributed by atoms with Crippen LogP contribution in [0.4, 0.5) is 0 Å². The molecule has 1 heterocycles. The van der Waals surface area contributed by atoms with Crippen LogP contribution in [-0.2, 0) is 14.3 Å². The molecule has 6 nitrogen and oxygen atoms in total. The second-order valence-corrected chi connectivity index (χ2v) is 4.53. The van der Waals surface area contributed by atoms with Crippen LogP contribution >= 0.6 is 12.6 Å². The van der Waals surface area contributed by atoms with Crippen LogP contribution in [0.1, 0.15) is 33.1 Å².